The maximum Gasteiger partial charge on any atom is 0.416 e. The van der Waals surface area contributed by atoms with Gasteiger partial charge in [-0.1, -0.05) is 104 Å². The van der Waals surface area contributed by atoms with Gasteiger partial charge in [-0.25, -0.2) is 14.5 Å². The van der Waals surface area contributed by atoms with E-state index in [1.165, 1.54) is 42.6 Å². The lowest BCUT2D eigenvalue weighted by Gasteiger charge is -2.31. The molecule has 504 valence electrons. The van der Waals surface area contributed by atoms with E-state index in [0.717, 1.165) is 10.5 Å². The van der Waals surface area contributed by atoms with Gasteiger partial charge in [-0.3, -0.25) is 43.5 Å². The van der Waals surface area contributed by atoms with E-state index >= 15 is 0 Å². The molecule has 26 heteroatoms. The summed E-state index contributed by atoms with van der Waals surface area (Å²) >= 11 is 4.12. The maximum absolute atomic E-state index is 14.2. The zero-order valence-electron chi connectivity index (χ0n) is 54.6. The topological polar surface area (TPSA) is 333 Å². The smallest absolute Gasteiger partial charge is 0.416 e. The van der Waals surface area contributed by atoms with Crippen LogP contribution < -0.4 is 51.3 Å². The lowest BCUT2D eigenvalue weighted by molar-refractivity contribution is -0.138. The van der Waals surface area contributed by atoms with E-state index in [1.54, 1.807) is 47.5 Å². The number of carbonyl (C=O) groups is 9. The van der Waals surface area contributed by atoms with Gasteiger partial charge < -0.3 is 66.0 Å². The van der Waals surface area contributed by atoms with E-state index in [-0.39, 0.29) is 105 Å². The quantitative estimate of drug-likeness (QED) is 0.0181. The molecule has 8 rings (SSSR count). The molecule has 25 nitrogen and oxygen atoms in total. The predicted octanol–water partition coefficient (Wildman–Crippen LogP) is 8.51. The molecular weight excluding hydrogens is 1200 g/mol. The van der Waals surface area contributed by atoms with Gasteiger partial charge in [0.15, 0.2) is 29.2 Å². The second-order valence-corrected chi connectivity index (χ2v) is 22.3. The maximum atomic E-state index is 14.2. The summed E-state index contributed by atoms with van der Waals surface area (Å²) < 4.78 is 29.4. The van der Waals surface area contributed by atoms with Crippen LogP contribution in [0.2, 0.25) is 0 Å². The van der Waals surface area contributed by atoms with Crippen molar-refractivity contribution in [1.82, 2.24) is 25.3 Å². The van der Waals surface area contributed by atoms with E-state index in [0.29, 0.717) is 111 Å². The summed E-state index contributed by atoms with van der Waals surface area (Å²) in [6.45, 7) is 23.1. The molecular formula is C66H94N10O15S. The molecule has 8 N–H and O–H groups in total. The van der Waals surface area contributed by atoms with Crippen molar-refractivity contribution < 1.29 is 71.9 Å². The van der Waals surface area contributed by atoms with Crippen LogP contribution in [-0.4, -0.2) is 163 Å². The second kappa shape index (κ2) is 38.3. The summed E-state index contributed by atoms with van der Waals surface area (Å²) in [5, 5.41) is 19.3. The number of likely N-dealkylation sites (tertiary alicyclic amines) is 1. The number of fused-ring (bicyclic) bond motifs is 4. The molecule has 0 bridgehead atoms. The zero-order valence-corrected chi connectivity index (χ0v) is 55.5. The van der Waals surface area contributed by atoms with Crippen molar-refractivity contribution in [3.8, 4) is 23.0 Å². The highest BCUT2D eigenvalue weighted by Gasteiger charge is 2.46. The van der Waals surface area contributed by atoms with Crippen LogP contribution in [0.1, 0.15) is 158 Å². The molecule has 5 heterocycles. The van der Waals surface area contributed by atoms with Crippen LogP contribution in [0.25, 0.3) is 0 Å². The van der Waals surface area contributed by atoms with Gasteiger partial charge in [-0.2, -0.15) is 12.6 Å². The van der Waals surface area contributed by atoms with E-state index < -0.39 is 53.4 Å². The van der Waals surface area contributed by atoms with Gasteiger partial charge in [-0.15, -0.1) is 0 Å². The van der Waals surface area contributed by atoms with Gasteiger partial charge >= 0.3 is 12.1 Å². The van der Waals surface area contributed by atoms with Crippen LogP contribution in [-0.2, 0) is 35.3 Å². The van der Waals surface area contributed by atoms with Crippen LogP contribution >= 0.6 is 12.6 Å². The summed E-state index contributed by atoms with van der Waals surface area (Å²) in [6.07, 6.45) is 6.20. The number of aliphatic imine (C=N–C) groups is 1. The van der Waals surface area contributed by atoms with Gasteiger partial charge in [0.25, 0.3) is 11.8 Å². The Labute approximate surface area is 545 Å². The van der Waals surface area contributed by atoms with Crippen LogP contribution in [0.4, 0.5) is 26.7 Å². The first kappa shape index (κ1) is 75.8. The van der Waals surface area contributed by atoms with Crippen molar-refractivity contribution in [2.45, 2.75) is 168 Å². The van der Waals surface area contributed by atoms with Crippen LogP contribution in [0.15, 0.2) is 77.8 Å². The van der Waals surface area contributed by atoms with Gasteiger partial charge in [0.2, 0.25) is 29.5 Å². The summed E-state index contributed by atoms with van der Waals surface area (Å²) in [4.78, 5) is 123. The van der Waals surface area contributed by atoms with Crippen molar-refractivity contribution in [1.29, 1.82) is 0 Å². The number of urea groups is 1. The normalized spacial score (nSPS) is 17.8. The third kappa shape index (κ3) is 21.2. The molecule has 10 amide bonds. The van der Waals surface area contributed by atoms with E-state index in [2.05, 4.69) is 72.0 Å². The number of aliphatic hydroxyl groups is 1. The number of primary amides is 2. The minimum Gasteiger partial charge on any atom is -0.493 e. The molecule has 5 unspecified atom stereocenters. The SMILES string of the molecule is C=C1CC2C=Nc3cc(OCCCCCOc4cc5c(cc4OC)C(=O)N4CC(=C)CC4C(O)N5C(=O)OCc4ccc(NC(=O)C(CCC)NC(=O)CNC(=O)CCCCCN5C(=O)CC(S)C5=O)cc4)c(OC)cc3C(=O)N2C1.CC.CC.CCC.NC(N)=O. The number of ether oxygens (including phenoxy) is 5. The Morgan fingerprint density at radius 3 is 1.92 bits per heavy atom. The number of anilines is 2. The molecule has 3 aromatic rings. The molecule has 5 atom stereocenters. The lowest BCUT2D eigenvalue weighted by atomic mass is 10.1. The summed E-state index contributed by atoms with van der Waals surface area (Å²) in [5.41, 5.74) is 12.2. The minimum atomic E-state index is -1.52. The number of nitrogens with two attached hydrogens (primary N) is 2. The zero-order chi connectivity index (χ0) is 68.2. The Hall–Kier alpha value is -8.65. The number of rotatable bonds is 25. The highest BCUT2D eigenvalue weighted by Crippen LogP contribution is 2.43. The van der Waals surface area contributed by atoms with Crippen molar-refractivity contribution in [3.05, 3.63) is 89.5 Å². The number of amides is 10. The number of methoxy groups -OCH3 is 2. The van der Waals surface area contributed by atoms with Crippen molar-refractivity contribution in [2.24, 2.45) is 16.5 Å². The Morgan fingerprint density at radius 2 is 1.33 bits per heavy atom. The Kier molecular flexibility index (Phi) is 31.5. The first-order valence-electron chi connectivity index (χ1n) is 31.5. The largest absolute Gasteiger partial charge is 0.493 e. The van der Waals surface area contributed by atoms with Crippen molar-refractivity contribution >= 4 is 89.4 Å². The van der Waals surface area contributed by atoms with Crippen LogP contribution in [0.5, 0.6) is 23.0 Å². The number of benzene rings is 3. The van der Waals surface area contributed by atoms with E-state index in [1.807, 2.05) is 34.6 Å². The number of nitrogens with zero attached hydrogens (tertiary/aromatic N) is 5. The Morgan fingerprint density at radius 1 is 0.750 bits per heavy atom. The molecule has 0 aliphatic carbocycles. The summed E-state index contributed by atoms with van der Waals surface area (Å²) in [7, 11) is 2.96. The monoisotopic (exact) mass is 1300 g/mol. The molecule has 92 heavy (non-hydrogen) atoms. The lowest BCUT2D eigenvalue weighted by Crippen LogP contribution is -2.50. The number of nitrogens with one attached hydrogen (secondary N) is 3. The molecule has 0 aromatic heterocycles. The van der Waals surface area contributed by atoms with Crippen LogP contribution in [0, 0.1) is 0 Å². The van der Waals surface area contributed by atoms with Gasteiger partial charge in [0.1, 0.15) is 12.6 Å². The molecule has 0 spiro atoms. The fourth-order valence-electron chi connectivity index (χ4n) is 10.4. The highest BCUT2D eigenvalue weighted by atomic mass is 32.1. The fourth-order valence-corrected chi connectivity index (χ4v) is 10.7. The number of hydrogen-bond acceptors (Lipinski definition) is 17. The van der Waals surface area contributed by atoms with E-state index in [4.69, 9.17) is 28.5 Å². The Bertz CT molecular complexity index is 3100. The molecule has 0 radical (unpaired) electrons. The number of thiol groups is 1. The van der Waals surface area contributed by atoms with Crippen molar-refractivity contribution in [3.63, 3.8) is 0 Å². The number of imide groups is 1. The van der Waals surface area contributed by atoms with Crippen LogP contribution in [0.3, 0.4) is 0 Å². The second-order valence-electron chi connectivity index (χ2n) is 21.7. The average Bonchev–Trinajstić information content (AvgIpc) is 1.58. The fraction of sp³-hybridized carbons (Fsp3) is 0.515. The summed E-state index contributed by atoms with van der Waals surface area (Å²) in [5.74, 6) is -1.12. The molecule has 0 saturated carbocycles. The number of hydrogen-bond donors (Lipinski definition) is 7. The standard InChI is InChI=1S/C58H70N8O14S.C3H8.2C2H6.CH4N2O/c1-6-13-41(62-51(68)30-60-50(67)14-9-7-10-19-63-52(69)28-49(81)57(63)74)53(70)61-37-17-15-36(16-18-37)33-80-58(75)66-43-27-48(46(77-5)25-40(43)55(72)65-32-35(3)23-44(65)56(66)73)79-21-12-8-11-20-78-47-26-42-39(24-45(47)76-4)54(71)64-31-34(2)22-38(64)29-59-42;1-3-2;2*1-2;2-1(3)4/h15-18,24-27,29,38,41,44,49,56,73,81H,2-3,6-14,19-23,28,30-33H2,1,4-5H3,(H,60,67)(H,61,70)(H,62,68);3H2,1-2H3;2*1-2H3;(H4,2,3,4). The number of aliphatic hydroxyl groups excluding tert-OH is 1. The highest BCUT2D eigenvalue weighted by molar-refractivity contribution is 7.81. The molecule has 3 aromatic carbocycles. The minimum absolute atomic E-state index is 0.0646. The molecule has 5 aliphatic heterocycles. The number of carbonyl (C=O) groups excluding carboxylic acids is 9. The van der Waals surface area contributed by atoms with Gasteiger partial charge in [0, 0.05) is 56.5 Å². The Balaban J connectivity index is 0.00000153. The number of unbranched alkanes of at least 4 members (excludes halogenated alkanes) is 4. The third-order valence-corrected chi connectivity index (χ3v) is 15.1. The first-order chi connectivity index (χ1) is 44.1. The molecule has 3 saturated heterocycles. The predicted molar refractivity (Wildman–Crippen MR) is 355 cm³/mol. The average molecular weight is 1300 g/mol. The van der Waals surface area contributed by atoms with Gasteiger partial charge in [-0.05, 0) is 81.2 Å². The first-order valence-corrected chi connectivity index (χ1v) is 32.0. The van der Waals surface area contributed by atoms with Crippen molar-refractivity contribution in [2.75, 3.05) is 63.8 Å². The summed E-state index contributed by atoms with van der Waals surface area (Å²) in [6, 6.07) is 10.2. The third-order valence-electron chi connectivity index (χ3n) is 14.6. The molecule has 5 aliphatic rings. The molecule has 3 fully saturated rings. The van der Waals surface area contributed by atoms with E-state index in [9.17, 15) is 43.5 Å². The van der Waals surface area contributed by atoms with Gasteiger partial charge in [0.05, 0.1) is 73.8 Å².